The van der Waals surface area contributed by atoms with E-state index in [0.29, 0.717) is 22.4 Å². The smallest absolute Gasteiger partial charge is 0.407 e. The number of oxazole rings is 1. The Morgan fingerprint density at radius 1 is 1.24 bits per heavy atom. The maximum absolute atomic E-state index is 12.3. The van der Waals surface area contributed by atoms with Gasteiger partial charge in [-0.25, -0.2) is 4.79 Å². The van der Waals surface area contributed by atoms with Crippen molar-refractivity contribution in [2.45, 2.75) is 13.5 Å². The number of para-hydroxylation sites is 2. The van der Waals surface area contributed by atoms with E-state index in [4.69, 9.17) is 9.15 Å². The van der Waals surface area contributed by atoms with E-state index in [1.807, 2.05) is 12.1 Å². The summed E-state index contributed by atoms with van der Waals surface area (Å²) in [4.78, 5) is 31.9. The lowest BCUT2D eigenvalue weighted by Gasteiger charge is -2.06. The summed E-state index contributed by atoms with van der Waals surface area (Å²) in [6.07, 6.45) is 0.953. The molecule has 0 saturated heterocycles. The van der Waals surface area contributed by atoms with Crippen LogP contribution in [0.5, 0.6) is 0 Å². The van der Waals surface area contributed by atoms with Gasteiger partial charge in [-0.3, -0.25) is 15.1 Å². The van der Waals surface area contributed by atoms with Crippen LogP contribution in [0.25, 0.3) is 11.1 Å². The maximum Gasteiger partial charge on any atom is 0.407 e. The van der Waals surface area contributed by atoms with Gasteiger partial charge in [0, 0.05) is 11.8 Å². The zero-order valence-electron chi connectivity index (χ0n) is 13.5. The molecule has 8 heteroatoms. The molecule has 8 nitrogen and oxygen atoms in total. The monoisotopic (exact) mass is 340 g/mol. The van der Waals surface area contributed by atoms with Crippen molar-refractivity contribution in [1.29, 1.82) is 0 Å². The standard InChI is InChI=1S/C17H16N4O4/c1-2-24-17(23)19-10-12-9-11(7-8-18-12)15(22)21-16-20-13-5-3-4-6-14(13)25-16/h3-9H,2,10H2,1H3,(H,19,23)(H,20,21,22). The number of carbonyl (C=O) groups excluding carboxylic acids is 2. The Kier molecular flexibility index (Phi) is 4.89. The second-order valence-electron chi connectivity index (χ2n) is 5.05. The predicted molar refractivity (Wildman–Crippen MR) is 90.1 cm³/mol. The van der Waals surface area contributed by atoms with Crippen LogP contribution in [-0.2, 0) is 11.3 Å². The van der Waals surface area contributed by atoms with Crippen molar-refractivity contribution >= 4 is 29.1 Å². The third-order valence-electron chi connectivity index (χ3n) is 3.28. The number of ether oxygens (including phenoxy) is 1. The molecule has 2 aromatic heterocycles. The Morgan fingerprint density at radius 2 is 2.08 bits per heavy atom. The van der Waals surface area contributed by atoms with Crippen molar-refractivity contribution in [3.63, 3.8) is 0 Å². The van der Waals surface area contributed by atoms with E-state index in [1.165, 1.54) is 6.20 Å². The lowest BCUT2D eigenvalue weighted by atomic mass is 10.2. The molecule has 0 bridgehead atoms. The molecule has 128 valence electrons. The number of pyridine rings is 1. The first-order chi connectivity index (χ1) is 12.2. The lowest BCUT2D eigenvalue weighted by molar-refractivity contribution is 0.102. The van der Waals surface area contributed by atoms with Gasteiger partial charge in [-0.15, -0.1) is 0 Å². The molecule has 1 aromatic carbocycles. The minimum absolute atomic E-state index is 0.120. The molecule has 0 radical (unpaired) electrons. The Labute approximate surface area is 143 Å². The Bertz CT molecular complexity index is 873. The number of anilines is 1. The second kappa shape index (κ2) is 7.43. The van der Waals surface area contributed by atoms with Crippen molar-refractivity contribution in [2.24, 2.45) is 0 Å². The summed E-state index contributed by atoms with van der Waals surface area (Å²) >= 11 is 0. The average molecular weight is 340 g/mol. The summed E-state index contributed by atoms with van der Waals surface area (Å²) in [6, 6.07) is 10.5. The molecule has 0 aliphatic carbocycles. The molecule has 0 spiro atoms. The van der Waals surface area contributed by atoms with Gasteiger partial charge in [0.15, 0.2) is 5.58 Å². The topological polar surface area (TPSA) is 106 Å². The number of amides is 2. The molecule has 25 heavy (non-hydrogen) atoms. The summed E-state index contributed by atoms with van der Waals surface area (Å²) in [5, 5.41) is 5.15. The largest absolute Gasteiger partial charge is 0.450 e. The zero-order valence-corrected chi connectivity index (χ0v) is 13.5. The average Bonchev–Trinajstić information content (AvgIpc) is 3.02. The van der Waals surface area contributed by atoms with Crippen LogP contribution in [0.4, 0.5) is 10.8 Å². The Balaban J connectivity index is 1.67. The minimum Gasteiger partial charge on any atom is -0.450 e. The molecular formula is C17H16N4O4. The van der Waals surface area contributed by atoms with E-state index in [2.05, 4.69) is 20.6 Å². The number of carbonyl (C=O) groups is 2. The van der Waals surface area contributed by atoms with E-state index in [-0.39, 0.29) is 25.1 Å². The fraction of sp³-hybridized carbons (Fsp3) is 0.176. The molecule has 0 fully saturated rings. The number of rotatable bonds is 5. The van der Waals surface area contributed by atoms with Gasteiger partial charge < -0.3 is 14.5 Å². The van der Waals surface area contributed by atoms with E-state index in [0.717, 1.165) is 0 Å². The number of benzene rings is 1. The molecule has 2 amide bonds. The van der Waals surface area contributed by atoms with Gasteiger partial charge in [0.2, 0.25) is 0 Å². The lowest BCUT2D eigenvalue weighted by Crippen LogP contribution is -2.24. The highest BCUT2D eigenvalue weighted by Gasteiger charge is 2.12. The molecule has 2 N–H and O–H groups in total. The minimum atomic E-state index is -0.536. The van der Waals surface area contributed by atoms with Crippen LogP contribution < -0.4 is 10.6 Å². The second-order valence-corrected chi connectivity index (χ2v) is 5.05. The van der Waals surface area contributed by atoms with Crippen LogP contribution in [0.2, 0.25) is 0 Å². The molecule has 3 rings (SSSR count). The highest BCUT2D eigenvalue weighted by molar-refractivity contribution is 6.03. The van der Waals surface area contributed by atoms with Crippen LogP contribution in [0.15, 0.2) is 47.0 Å². The third kappa shape index (κ3) is 4.11. The molecule has 3 aromatic rings. The van der Waals surface area contributed by atoms with E-state index in [1.54, 1.807) is 31.2 Å². The molecule has 0 atom stereocenters. The summed E-state index contributed by atoms with van der Waals surface area (Å²) in [5.74, 6) is -0.383. The molecule has 0 aliphatic rings. The van der Waals surface area contributed by atoms with Crippen LogP contribution >= 0.6 is 0 Å². The first-order valence-corrected chi connectivity index (χ1v) is 7.68. The van der Waals surface area contributed by atoms with Crippen LogP contribution in [0.1, 0.15) is 23.0 Å². The number of aromatic nitrogens is 2. The highest BCUT2D eigenvalue weighted by Crippen LogP contribution is 2.18. The van der Waals surface area contributed by atoms with Crippen molar-refractivity contribution in [1.82, 2.24) is 15.3 Å². The third-order valence-corrected chi connectivity index (χ3v) is 3.28. The molecule has 0 saturated carbocycles. The van der Waals surface area contributed by atoms with E-state index in [9.17, 15) is 9.59 Å². The zero-order chi connectivity index (χ0) is 17.6. The van der Waals surface area contributed by atoms with Crippen LogP contribution in [0, 0.1) is 0 Å². The van der Waals surface area contributed by atoms with Gasteiger partial charge in [-0.2, -0.15) is 4.98 Å². The molecule has 0 aliphatic heterocycles. The summed E-state index contributed by atoms with van der Waals surface area (Å²) in [7, 11) is 0. The molecule has 0 unspecified atom stereocenters. The van der Waals surface area contributed by atoms with E-state index >= 15 is 0 Å². The Hall–Kier alpha value is -3.42. The number of hydrogen-bond donors (Lipinski definition) is 2. The van der Waals surface area contributed by atoms with Crippen molar-refractivity contribution in [3.8, 4) is 0 Å². The molecule has 2 heterocycles. The summed E-state index contributed by atoms with van der Waals surface area (Å²) < 4.78 is 10.2. The fourth-order valence-electron chi connectivity index (χ4n) is 2.16. The van der Waals surface area contributed by atoms with Crippen LogP contribution in [-0.4, -0.2) is 28.6 Å². The van der Waals surface area contributed by atoms with Gasteiger partial charge >= 0.3 is 12.1 Å². The fourth-order valence-corrected chi connectivity index (χ4v) is 2.16. The van der Waals surface area contributed by atoms with Gasteiger partial charge in [-0.05, 0) is 31.2 Å². The summed E-state index contributed by atoms with van der Waals surface area (Å²) in [6.45, 7) is 2.16. The predicted octanol–water partition coefficient (Wildman–Crippen LogP) is 2.72. The normalized spacial score (nSPS) is 10.4. The Morgan fingerprint density at radius 3 is 2.88 bits per heavy atom. The van der Waals surface area contributed by atoms with Gasteiger partial charge in [0.25, 0.3) is 5.91 Å². The highest BCUT2D eigenvalue weighted by atomic mass is 16.5. The number of alkyl carbamates (subject to hydrolysis) is 1. The SMILES string of the molecule is CCOC(=O)NCc1cc(C(=O)Nc2nc3ccccc3o2)ccn1. The van der Waals surface area contributed by atoms with Gasteiger partial charge in [-0.1, -0.05) is 12.1 Å². The van der Waals surface area contributed by atoms with Crippen molar-refractivity contribution < 1.29 is 18.7 Å². The number of fused-ring (bicyclic) bond motifs is 1. The number of hydrogen-bond acceptors (Lipinski definition) is 6. The van der Waals surface area contributed by atoms with Crippen LogP contribution in [0.3, 0.4) is 0 Å². The summed E-state index contributed by atoms with van der Waals surface area (Å²) in [5.41, 5.74) is 2.15. The van der Waals surface area contributed by atoms with Gasteiger partial charge in [0.1, 0.15) is 5.52 Å². The first kappa shape index (κ1) is 16.4. The number of nitrogens with zero attached hydrogens (tertiary/aromatic N) is 2. The maximum atomic E-state index is 12.3. The quantitative estimate of drug-likeness (QED) is 0.739. The molecular weight excluding hydrogens is 324 g/mol. The van der Waals surface area contributed by atoms with Gasteiger partial charge in [0.05, 0.1) is 18.8 Å². The van der Waals surface area contributed by atoms with E-state index < -0.39 is 6.09 Å². The first-order valence-electron chi connectivity index (χ1n) is 7.68. The van der Waals surface area contributed by atoms with Crippen molar-refractivity contribution in [3.05, 3.63) is 53.9 Å². The van der Waals surface area contributed by atoms with Crippen molar-refractivity contribution in [2.75, 3.05) is 11.9 Å². The number of nitrogens with one attached hydrogen (secondary N) is 2.